The van der Waals surface area contributed by atoms with E-state index in [9.17, 15) is 24.3 Å². The summed E-state index contributed by atoms with van der Waals surface area (Å²) in [5.74, 6) is -3.47. The highest BCUT2D eigenvalue weighted by atomic mass is 16.5. The Morgan fingerprint density at radius 1 is 1.03 bits per heavy atom. The lowest BCUT2D eigenvalue weighted by Crippen LogP contribution is -2.27. The number of esters is 1. The first kappa shape index (κ1) is 22.7. The van der Waals surface area contributed by atoms with Gasteiger partial charge in [-0.15, -0.1) is 0 Å². The second-order valence-electron chi connectivity index (χ2n) is 7.63. The number of phenolic OH excluding ortho intramolecular Hbond substituents is 1. The fourth-order valence-corrected chi connectivity index (χ4v) is 3.37. The third-order valence-corrected chi connectivity index (χ3v) is 5.36. The smallest absolute Gasteiger partial charge is 0.342 e. The number of Topliss-reactive ketones (excluding diaryl/α,β-unsaturated/α-hetero) is 3. The number of carbonyl (C=O) groups is 4. The molecule has 0 unspecified atom stereocenters. The molecule has 158 valence electrons. The second-order valence-corrected chi connectivity index (χ2v) is 7.63. The predicted octanol–water partition coefficient (Wildman–Crippen LogP) is 2.32. The van der Waals surface area contributed by atoms with Gasteiger partial charge in [0.1, 0.15) is 17.4 Å². The number of cyclic esters (lactones) is 1. The molecule has 0 aliphatic carbocycles. The molecule has 1 aromatic rings. The van der Waals surface area contributed by atoms with E-state index in [1.165, 1.54) is 6.07 Å². The van der Waals surface area contributed by atoms with Crippen LogP contribution in [0.2, 0.25) is 0 Å². The molecule has 0 saturated carbocycles. The molecule has 2 atom stereocenters. The Morgan fingerprint density at radius 2 is 1.72 bits per heavy atom. The van der Waals surface area contributed by atoms with Gasteiger partial charge in [0.15, 0.2) is 0 Å². The number of ether oxygens (including phenoxy) is 1. The Bertz CT molecular complexity index is 797. The number of benzene rings is 1. The van der Waals surface area contributed by atoms with Crippen LogP contribution in [0.15, 0.2) is 12.1 Å². The van der Waals surface area contributed by atoms with Crippen molar-refractivity contribution in [2.45, 2.75) is 64.9 Å². The van der Waals surface area contributed by atoms with Gasteiger partial charge in [0.2, 0.25) is 11.6 Å². The minimum atomic E-state index is -0.973. The van der Waals surface area contributed by atoms with Gasteiger partial charge in [0.05, 0.1) is 0 Å². The van der Waals surface area contributed by atoms with Crippen molar-refractivity contribution in [3.63, 3.8) is 0 Å². The molecule has 1 heterocycles. The van der Waals surface area contributed by atoms with Gasteiger partial charge in [0.25, 0.3) is 5.78 Å². The molecule has 0 spiro atoms. The molecule has 2 rings (SSSR count). The highest BCUT2D eigenvalue weighted by molar-refractivity contribution is 6.63. The Morgan fingerprint density at radius 3 is 2.41 bits per heavy atom. The second kappa shape index (κ2) is 10.3. The first-order chi connectivity index (χ1) is 13.7. The summed E-state index contributed by atoms with van der Waals surface area (Å²) in [6.45, 7) is 3.49. The number of fused-ring (bicyclic) bond motifs is 1. The van der Waals surface area contributed by atoms with Crippen LogP contribution in [0.3, 0.4) is 0 Å². The maximum Gasteiger partial charge on any atom is 0.342 e. The third-order valence-electron chi connectivity index (χ3n) is 5.36. The molecule has 7 heteroatoms. The molecule has 0 saturated heterocycles. The zero-order valence-electron chi connectivity index (χ0n) is 16.9. The Balaban J connectivity index is 2.38. The monoisotopic (exact) mass is 404 g/mol. The van der Waals surface area contributed by atoms with E-state index in [1.807, 2.05) is 0 Å². The molecule has 1 aliphatic heterocycles. The maximum absolute atomic E-state index is 12.7. The van der Waals surface area contributed by atoms with Crippen molar-refractivity contribution < 1.29 is 34.1 Å². The Kier molecular flexibility index (Phi) is 8.08. The fraction of sp³-hybridized carbons (Fsp3) is 0.545. The van der Waals surface area contributed by atoms with Crippen LogP contribution in [0, 0.1) is 5.92 Å². The first-order valence-corrected chi connectivity index (χ1v) is 10.0. The molecule has 1 aliphatic rings. The number of aliphatic hydroxyl groups is 1. The Labute approximate surface area is 170 Å². The van der Waals surface area contributed by atoms with Crippen LogP contribution in [0.4, 0.5) is 0 Å². The van der Waals surface area contributed by atoms with Crippen molar-refractivity contribution in [2.24, 2.45) is 5.92 Å². The zero-order valence-corrected chi connectivity index (χ0v) is 16.9. The van der Waals surface area contributed by atoms with E-state index >= 15 is 0 Å². The molecular formula is C22H28O7. The minimum absolute atomic E-state index is 0.0000660. The highest BCUT2D eigenvalue weighted by Gasteiger charge is 2.27. The van der Waals surface area contributed by atoms with Crippen molar-refractivity contribution in [3.8, 4) is 5.75 Å². The number of phenols is 1. The summed E-state index contributed by atoms with van der Waals surface area (Å²) in [7, 11) is 0. The van der Waals surface area contributed by atoms with E-state index in [1.54, 1.807) is 19.9 Å². The summed E-state index contributed by atoms with van der Waals surface area (Å²) >= 11 is 0. The number of aryl methyl sites for hydroxylation is 2. The molecule has 29 heavy (non-hydrogen) atoms. The normalized spacial score (nSPS) is 22.0. The van der Waals surface area contributed by atoms with Crippen LogP contribution in [0.1, 0.15) is 67.4 Å². The molecule has 0 fully saturated rings. The van der Waals surface area contributed by atoms with Gasteiger partial charge in [-0.05, 0) is 62.1 Å². The summed E-state index contributed by atoms with van der Waals surface area (Å²) in [5, 5.41) is 19.5. The van der Waals surface area contributed by atoms with Gasteiger partial charge in [-0.2, -0.15) is 0 Å². The molecular weight excluding hydrogens is 376 g/mol. The minimum Gasteiger partial charge on any atom is -0.507 e. The van der Waals surface area contributed by atoms with Crippen molar-refractivity contribution in [2.75, 3.05) is 6.61 Å². The summed E-state index contributed by atoms with van der Waals surface area (Å²) < 4.78 is 5.52. The molecule has 2 N–H and O–H groups in total. The van der Waals surface area contributed by atoms with E-state index in [0.717, 1.165) is 5.56 Å². The number of ketones is 3. The number of hydrogen-bond donors (Lipinski definition) is 2. The van der Waals surface area contributed by atoms with Gasteiger partial charge in [-0.25, -0.2) is 4.79 Å². The Hall–Kier alpha value is -2.54. The molecule has 1 aromatic carbocycles. The van der Waals surface area contributed by atoms with Crippen molar-refractivity contribution >= 4 is 23.3 Å². The summed E-state index contributed by atoms with van der Waals surface area (Å²) in [6, 6.07) is 3.24. The number of carbonyl (C=O) groups excluding carboxylic acids is 4. The lowest BCUT2D eigenvalue weighted by atomic mass is 9.93. The van der Waals surface area contributed by atoms with E-state index in [0.29, 0.717) is 24.8 Å². The number of aliphatic hydroxyl groups excluding tert-OH is 1. The van der Waals surface area contributed by atoms with E-state index in [4.69, 9.17) is 9.84 Å². The molecule has 0 radical (unpaired) electrons. The number of aromatic hydroxyl groups is 1. The summed E-state index contributed by atoms with van der Waals surface area (Å²) in [4.78, 5) is 48.7. The fourth-order valence-electron chi connectivity index (χ4n) is 3.37. The topological polar surface area (TPSA) is 118 Å². The SMILES string of the molecule is C[C@@H]1CCC(=O)C(=O)C(=O)CCCc2cc(CCCO)cc(O)c2C(=O)O[C@H]1C. The van der Waals surface area contributed by atoms with Crippen LogP contribution in [0.5, 0.6) is 5.75 Å². The molecule has 0 bridgehead atoms. The summed E-state index contributed by atoms with van der Waals surface area (Å²) in [6.07, 6.45) is 1.15. The van der Waals surface area contributed by atoms with Crippen LogP contribution in [0.25, 0.3) is 0 Å². The molecule has 0 amide bonds. The van der Waals surface area contributed by atoms with Crippen LogP contribution in [-0.2, 0) is 32.0 Å². The third kappa shape index (κ3) is 5.97. The van der Waals surface area contributed by atoms with E-state index < -0.39 is 29.4 Å². The van der Waals surface area contributed by atoms with Gasteiger partial charge in [-0.3, -0.25) is 14.4 Å². The van der Waals surface area contributed by atoms with Crippen LogP contribution in [-0.4, -0.2) is 46.2 Å². The average Bonchev–Trinajstić information content (AvgIpc) is 2.68. The lowest BCUT2D eigenvalue weighted by Gasteiger charge is -2.22. The predicted molar refractivity (Wildman–Crippen MR) is 105 cm³/mol. The largest absolute Gasteiger partial charge is 0.507 e. The van der Waals surface area contributed by atoms with Crippen molar-refractivity contribution in [1.29, 1.82) is 0 Å². The lowest BCUT2D eigenvalue weighted by molar-refractivity contribution is -0.144. The first-order valence-electron chi connectivity index (χ1n) is 10.0. The van der Waals surface area contributed by atoms with Gasteiger partial charge >= 0.3 is 5.97 Å². The highest BCUT2D eigenvalue weighted by Crippen LogP contribution is 2.28. The van der Waals surface area contributed by atoms with Gasteiger partial charge in [0, 0.05) is 19.4 Å². The standard InChI is InChI=1S/C22H28O7/c1-13-8-9-18(25)21(27)17(24)7-3-6-16-11-15(5-4-10-23)12-19(26)20(16)22(28)29-14(13)2/h11-14,23,26H,3-10H2,1-2H3/t13-,14+/m1/s1. The van der Waals surface area contributed by atoms with Gasteiger partial charge < -0.3 is 14.9 Å². The maximum atomic E-state index is 12.7. The van der Waals surface area contributed by atoms with E-state index in [2.05, 4.69) is 0 Å². The zero-order chi connectivity index (χ0) is 21.6. The van der Waals surface area contributed by atoms with E-state index in [-0.39, 0.29) is 49.5 Å². The van der Waals surface area contributed by atoms with Crippen molar-refractivity contribution in [1.82, 2.24) is 0 Å². The molecule has 0 aromatic heterocycles. The summed E-state index contributed by atoms with van der Waals surface area (Å²) in [5.41, 5.74) is 1.33. The van der Waals surface area contributed by atoms with Crippen LogP contribution >= 0.6 is 0 Å². The number of rotatable bonds is 3. The quantitative estimate of drug-likeness (QED) is 0.586. The van der Waals surface area contributed by atoms with Crippen LogP contribution < -0.4 is 0 Å². The average molecular weight is 404 g/mol. The van der Waals surface area contributed by atoms with Gasteiger partial charge in [-0.1, -0.05) is 13.0 Å². The molecule has 7 nitrogen and oxygen atoms in total. The van der Waals surface area contributed by atoms with Crippen molar-refractivity contribution in [3.05, 3.63) is 28.8 Å². The number of hydrogen-bond acceptors (Lipinski definition) is 7.